The molecule has 0 aliphatic heterocycles. The summed E-state index contributed by atoms with van der Waals surface area (Å²) in [4.78, 5) is 38.4. The standard InChI is InChI=1S/C76H148O6/c1-4-7-10-13-16-19-22-24-26-28-30-32-34-36-37-38-39-40-42-43-45-47-49-51-54-57-60-63-66-69-75(78)81-72-73(71-80-74(77)68-65-62-59-56-53-21-18-15-12-9-6-3)82-76(79)70-67-64-61-58-55-52-50-48-46-44-41-35-33-31-29-27-25-23-20-17-14-11-8-5-2/h73H,4-72H2,1-3H3. The Morgan fingerprint density at radius 3 is 0.488 bits per heavy atom. The number of rotatable bonds is 72. The van der Waals surface area contributed by atoms with E-state index in [9.17, 15) is 14.4 Å². The number of esters is 3. The third kappa shape index (κ3) is 69.2. The lowest BCUT2D eigenvalue weighted by atomic mass is 10.0. The van der Waals surface area contributed by atoms with E-state index >= 15 is 0 Å². The first-order valence-electron chi connectivity index (χ1n) is 38.0. The van der Waals surface area contributed by atoms with E-state index in [4.69, 9.17) is 14.2 Å². The van der Waals surface area contributed by atoms with E-state index in [0.717, 1.165) is 57.8 Å². The molecule has 0 spiro atoms. The Morgan fingerprint density at radius 1 is 0.195 bits per heavy atom. The van der Waals surface area contributed by atoms with Gasteiger partial charge in [-0.3, -0.25) is 14.4 Å². The fourth-order valence-corrected chi connectivity index (χ4v) is 12.2. The number of carbonyl (C=O) groups excluding carboxylic acids is 3. The maximum absolute atomic E-state index is 13.0. The summed E-state index contributed by atoms with van der Waals surface area (Å²) in [5, 5.41) is 0. The van der Waals surface area contributed by atoms with Gasteiger partial charge in [0.05, 0.1) is 0 Å². The van der Waals surface area contributed by atoms with E-state index in [2.05, 4.69) is 20.8 Å². The number of hydrogen-bond acceptors (Lipinski definition) is 6. The molecule has 0 rings (SSSR count). The van der Waals surface area contributed by atoms with Gasteiger partial charge in [0.15, 0.2) is 6.10 Å². The lowest BCUT2D eigenvalue weighted by molar-refractivity contribution is -0.167. The predicted molar refractivity (Wildman–Crippen MR) is 358 cm³/mol. The molecule has 0 N–H and O–H groups in total. The van der Waals surface area contributed by atoms with Gasteiger partial charge in [-0.25, -0.2) is 0 Å². The molecule has 1 atom stereocenters. The largest absolute Gasteiger partial charge is 0.462 e. The second-order valence-corrected chi connectivity index (χ2v) is 26.3. The Labute approximate surface area is 514 Å². The van der Waals surface area contributed by atoms with E-state index < -0.39 is 6.10 Å². The van der Waals surface area contributed by atoms with E-state index in [1.165, 1.54) is 353 Å². The van der Waals surface area contributed by atoms with Gasteiger partial charge in [-0.05, 0) is 19.3 Å². The molecule has 0 bridgehead atoms. The van der Waals surface area contributed by atoms with Crippen LogP contribution in [0, 0.1) is 0 Å². The second-order valence-electron chi connectivity index (χ2n) is 26.3. The molecular formula is C76H148O6. The van der Waals surface area contributed by atoms with Crippen molar-refractivity contribution in [2.24, 2.45) is 0 Å². The van der Waals surface area contributed by atoms with Gasteiger partial charge >= 0.3 is 17.9 Å². The normalized spacial score (nSPS) is 11.9. The van der Waals surface area contributed by atoms with Crippen molar-refractivity contribution in [3.63, 3.8) is 0 Å². The van der Waals surface area contributed by atoms with Gasteiger partial charge in [-0.1, -0.05) is 412 Å². The minimum Gasteiger partial charge on any atom is -0.462 e. The highest BCUT2D eigenvalue weighted by Crippen LogP contribution is 2.20. The van der Waals surface area contributed by atoms with Crippen LogP contribution in [-0.4, -0.2) is 37.2 Å². The highest BCUT2D eigenvalue weighted by Gasteiger charge is 2.20. The van der Waals surface area contributed by atoms with Gasteiger partial charge in [0.1, 0.15) is 13.2 Å². The molecule has 6 heteroatoms. The summed E-state index contributed by atoms with van der Waals surface area (Å²) in [5.41, 5.74) is 0. The lowest BCUT2D eigenvalue weighted by Crippen LogP contribution is -2.30. The maximum atomic E-state index is 13.0. The van der Waals surface area contributed by atoms with Crippen molar-refractivity contribution in [1.82, 2.24) is 0 Å². The van der Waals surface area contributed by atoms with Gasteiger partial charge < -0.3 is 14.2 Å². The summed E-state index contributed by atoms with van der Waals surface area (Å²) < 4.78 is 17.0. The fraction of sp³-hybridized carbons (Fsp3) is 0.961. The molecular weight excluding hydrogens is 1010 g/mol. The average Bonchev–Trinajstić information content (AvgIpc) is 3.47. The van der Waals surface area contributed by atoms with Crippen LogP contribution in [0.2, 0.25) is 0 Å². The quantitative estimate of drug-likeness (QED) is 0.0343. The van der Waals surface area contributed by atoms with Crippen molar-refractivity contribution in [1.29, 1.82) is 0 Å². The van der Waals surface area contributed by atoms with Gasteiger partial charge in [0.2, 0.25) is 0 Å². The van der Waals surface area contributed by atoms with Crippen LogP contribution in [-0.2, 0) is 28.6 Å². The molecule has 0 heterocycles. The highest BCUT2D eigenvalue weighted by molar-refractivity contribution is 5.71. The Morgan fingerprint density at radius 2 is 0.329 bits per heavy atom. The molecule has 0 aromatic heterocycles. The SMILES string of the molecule is CCCCCCCCCCCCCCCCCCCCCCCCCCCCCCCC(=O)OCC(COC(=O)CCCCCCCCCCCCC)OC(=O)CCCCCCCCCCCCCCCCCCCCCCCCCC. The molecule has 0 saturated heterocycles. The Hall–Kier alpha value is -1.59. The van der Waals surface area contributed by atoms with Gasteiger partial charge in [-0.15, -0.1) is 0 Å². The zero-order chi connectivity index (χ0) is 59.2. The summed E-state index contributed by atoms with van der Waals surface area (Å²) in [6, 6.07) is 0. The first-order valence-corrected chi connectivity index (χ1v) is 38.0. The van der Waals surface area contributed by atoms with Crippen LogP contribution in [0.3, 0.4) is 0 Å². The molecule has 0 aliphatic carbocycles. The summed E-state index contributed by atoms with van der Waals surface area (Å²) in [7, 11) is 0. The van der Waals surface area contributed by atoms with Crippen LogP contribution in [0.5, 0.6) is 0 Å². The minimum atomic E-state index is -0.763. The molecule has 0 aromatic carbocycles. The molecule has 0 amide bonds. The fourth-order valence-electron chi connectivity index (χ4n) is 12.2. The second kappa shape index (κ2) is 71.9. The predicted octanol–water partition coefficient (Wildman–Crippen LogP) is 26.2. The number of hydrogen-bond donors (Lipinski definition) is 0. The summed E-state index contributed by atoms with van der Waals surface area (Å²) in [6.45, 7) is 6.74. The van der Waals surface area contributed by atoms with Crippen molar-refractivity contribution >= 4 is 17.9 Å². The molecule has 0 fully saturated rings. The van der Waals surface area contributed by atoms with E-state index in [1.54, 1.807) is 0 Å². The molecule has 0 aromatic rings. The Balaban J connectivity index is 4.09. The monoisotopic (exact) mass is 1160 g/mol. The highest BCUT2D eigenvalue weighted by atomic mass is 16.6. The summed E-state index contributed by atoms with van der Waals surface area (Å²) in [6.07, 6.45) is 86.0. The van der Waals surface area contributed by atoms with Gasteiger partial charge in [0, 0.05) is 19.3 Å². The van der Waals surface area contributed by atoms with Crippen LogP contribution in [0.4, 0.5) is 0 Å². The number of unbranched alkanes of at least 4 members (excludes halogenated alkanes) is 61. The zero-order valence-corrected chi connectivity index (χ0v) is 56.3. The molecule has 0 radical (unpaired) electrons. The van der Waals surface area contributed by atoms with Gasteiger partial charge in [0.25, 0.3) is 0 Å². The number of carbonyl (C=O) groups is 3. The minimum absolute atomic E-state index is 0.0602. The van der Waals surface area contributed by atoms with Crippen molar-refractivity contribution < 1.29 is 28.6 Å². The van der Waals surface area contributed by atoms with Crippen LogP contribution in [0.1, 0.15) is 451 Å². The van der Waals surface area contributed by atoms with Crippen molar-refractivity contribution in [2.45, 2.75) is 457 Å². The van der Waals surface area contributed by atoms with E-state index in [0.29, 0.717) is 19.3 Å². The van der Waals surface area contributed by atoms with Crippen LogP contribution in [0.15, 0.2) is 0 Å². The molecule has 1 unspecified atom stereocenters. The lowest BCUT2D eigenvalue weighted by Gasteiger charge is -2.18. The first-order chi connectivity index (χ1) is 40.5. The Bertz CT molecular complexity index is 1240. The van der Waals surface area contributed by atoms with Crippen molar-refractivity contribution in [3.05, 3.63) is 0 Å². The third-order valence-electron chi connectivity index (χ3n) is 17.9. The van der Waals surface area contributed by atoms with Gasteiger partial charge in [-0.2, -0.15) is 0 Å². The maximum Gasteiger partial charge on any atom is 0.306 e. The van der Waals surface area contributed by atoms with Crippen molar-refractivity contribution in [2.75, 3.05) is 13.2 Å². The van der Waals surface area contributed by atoms with Crippen molar-refractivity contribution in [3.8, 4) is 0 Å². The van der Waals surface area contributed by atoms with E-state index in [-0.39, 0.29) is 31.1 Å². The summed E-state index contributed by atoms with van der Waals surface area (Å²) >= 11 is 0. The topological polar surface area (TPSA) is 78.9 Å². The molecule has 488 valence electrons. The third-order valence-corrected chi connectivity index (χ3v) is 17.9. The molecule has 0 aliphatic rings. The number of ether oxygens (including phenoxy) is 3. The van der Waals surface area contributed by atoms with Crippen LogP contribution < -0.4 is 0 Å². The van der Waals surface area contributed by atoms with E-state index in [1.807, 2.05) is 0 Å². The molecule has 82 heavy (non-hydrogen) atoms. The first kappa shape index (κ1) is 80.4. The van der Waals surface area contributed by atoms with Crippen LogP contribution >= 0.6 is 0 Å². The molecule has 0 saturated carbocycles. The average molecular weight is 1160 g/mol. The Kier molecular flexibility index (Phi) is 70.5. The van der Waals surface area contributed by atoms with Crippen LogP contribution in [0.25, 0.3) is 0 Å². The smallest absolute Gasteiger partial charge is 0.306 e. The molecule has 6 nitrogen and oxygen atoms in total. The summed E-state index contributed by atoms with van der Waals surface area (Å²) in [5.74, 6) is -0.820. The zero-order valence-electron chi connectivity index (χ0n) is 56.3.